The minimum Gasteiger partial charge on any atom is -0.342 e. The van der Waals surface area contributed by atoms with Gasteiger partial charge in [0.1, 0.15) is 12.1 Å². The number of hydrogen-bond acceptors (Lipinski definition) is 4. The Bertz CT molecular complexity index is 858. The summed E-state index contributed by atoms with van der Waals surface area (Å²) in [6, 6.07) is 17.5. The van der Waals surface area contributed by atoms with Gasteiger partial charge in [-0.1, -0.05) is 42.5 Å². The fourth-order valence-electron chi connectivity index (χ4n) is 4.02. The number of nitrogens with one attached hydrogen (secondary N) is 1. The van der Waals surface area contributed by atoms with E-state index in [-0.39, 0.29) is 11.8 Å². The van der Waals surface area contributed by atoms with Gasteiger partial charge in [-0.05, 0) is 29.5 Å². The van der Waals surface area contributed by atoms with Crippen molar-refractivity contribution >= 4 is 23.6 Å². The van der Waals surface area contributed by atoms with Gasteiger partial charge in [0, 0.05) is 37.5 Å². The van der Waals surface area contributed by atoms with Gasteiger partial charge >= 0.3 is 0 Å². The van der Waals surface area contributed by atoms with E-state index in [1.54, 1.807) is 16.7 Å². The summed E-state index contributed by atoms with van der Waals surface area (Å²) < 4.78 is 0. The minimum atomic E-state index is -0.462. The molecule has 0 aliphatic carbocycles. The third-order valence-corrected chi connectivity index (χ3v) is 6.21. The monoisotopic (exact) mass is 395 g/mol. The molecule has 146 valence electrons. The molecule has 2 heterocycles. The number of carbonyl (C=O) groups is 2. The van der Waals surface area contributed by atoms with E-state index in [4.69, 9.17) is 0 Å². The van der Waals surface area contributed by atoms with Gasteiger partial charge in [0.2, 0.25) is 11.8 Å². The molecule has 2 fully saturated rings. The van der Waals surface area contributed by atoms with Crippen molar-refractivity contribution in [2.24, 2.45) is 0 Å². The zero-order chi connectivity index (χ0) is 19.5. The van der Waals surface area contributed by atoms with Gasteiger partial charge in [0.25, 0.3) is 0 Å². The molecule has 0 bridgehead atoms. The molecule has 6 heteroatoms. The lowest BCUT2D eigenvalue weighted by Gasteiger charge is -2.45. The first kappa shape index (κ1) is 19.0. The summed E-state index contributed by atoms with van der Waals surface area (Å²) in [5, 5.41) is 2.96. The van der Waals surface area contributed by atoms with Crippen molar-refractivity contribution in [1.82, 2.24) is 15.1 Å². The first-order valence-electron chi connectivity index (χ1n) is 9.64. The first-order valence-corrected chi connectivity index (χ1v) is 10.9. The molecule has 5 nitrogen and oxygen atoms in total. The maximum absolute atomic E-state index is 12.9. The number of thioether (sulfide) groups is 1. The highest BCUT2D eigenvalue weighted by Gasteiger charge is 2.43. The molecule has 0 radical (unpaired) electrons. The fraction of sp³-hybridized carbons (Fsp3) is 0.364. The molecule has 2 aliphatic rings. The quantitative estimate of drug-likeness (QED) is 0.789. The van der Waals surface area contributed by atoms with Crippen LogP contribution in [0, 0.1) is 0 Å². The van der Waals surface area contributed by atoms with Crippen LogP contribution in [0.1, 0.15) is 11.1 Å². The van der Waals surface area contributed by atoms with Gasteiger partial charge < -0.3 is 10.2 Å². The largest absolute Gasteiger partial charge is 0.342 e. The van der Waals surface area contributed by atoms with Crippen molar-refractivity contribution in [3.63, 3.8) is 0 Å². The molecule has 2 aromatic carbocycles. The van der Waals surface area contributed by atoms with Crippen LogP contribution in [-0.2, 0) is 22.6 Å². The van der Waals surface area contributed by atoms with E-state index in [2.05, 4.69) is 40.7 Å². The number of fused-ring (bicyclic) bond motifs is 1. The van der Waals surface area contributed by atoms with Gasteiger partial charge in [-0.3, -0.25) is 14.5 Å². The number of carbonyl (C=O) groups excluding carboxylic acids is 2. The summed E-state index contributed by atoms with van der Waals surface area (Å²) in [4.78, 5) is 31.0. The number of nitrogens with zero attached hydrogens (tertiary/aromatic N) is 2. The Balaban J connectivity index is 1.41. The van der Waals surface area contributed by atoms with Crippen LogP contribution in [0.15, 0.2) is 59.5 Å². The van der Waals surface area contributed by atoms with Gasteiger partial charge in [0.15, 0.2) is 0 Å². The Morgan fingerprint density at radius 3 is 2.61 bits per heavy atom. The van der Waals surface area contributed by atoms with E-state index < -0.39 is 12.1 Å². The third-order valence-electron chi connectivity index (χ3n) is 5.49. The van der Waals surface area contributed by atoms with Crippen molar-refractivity contribution in [2.75, 3.05) is 25.9 Å². The number of amides is 2. The fourth-order valence-corrected chi connectivity index (χ4v) is 4.50. The molecule has 0 unspecified atom stereocenters. The van der Waals surface area contributed by atoms with E-state index in [1.165, 1.54) is 10.5 Å². The van der Waals surface area contributed by atoms with E-state index in [9.17, 15) is 9.59 Å². The van der Waals surface area contributed by atoms with Crippen molar-refractivity contribution < 1.29 is 9.59 Å². The molecule has 2 amide bonds. The normalized spacial score (nSPS) is 22.7. The maximum atomic E-state index is 12.9. The SMILES string of the molecule is CSc1cccc(CN2CCN3C(=O)[C@H](Cc4ccccc4)NC(=O)[C@H]3C2)c1. The average molecular weight is 396 g/mol. The van der Waals surface area contributed by atoms with Crippen LogP contribution in [0.4, 0.5) is 0 Å². The second-order valence-corrected chi connectivity index (χ2v) is 8.26. The maximum Gasteiger partial charge on any atom is 0.246 e. The van der Waals surface area contributed by atoms with Crippen LogP contribution < -0.4 is 5.32 Å². The third kappa shape index (κ3) is 4.08. The van der Waals surface area contributed by atoms with E-state index in [0.29, 0.717) is 19.5 Å². The molecule has 4 rings (SSSR count). The number of hydrogen-bond donors (Lipinski definition) is 1. The Hall–Kier alpha value is -2.31. The molecule has 2 atom stereocenters. The summed E-state index contributed by atoms with van der Waals surface area (Å²) in [5.41, 5.74) is 2.30. The predicted octanol–water partition coefficient (Wildman–Crippen LogP) is 2.16. The zero-order valence-corrected chi connectivity index (χ0v) is 16.8. The molecule has 0 spiro atoms. The van der Waals surface area contributed by atoms with Crippen molar-refractivity contribution in [2.45, 2.75) is 29.9 Å². The lowest BCUT2D eigenvalue weighted by molar-refractivity contribution is -0.153. The van der Waals surface area contributed by atoms with Gasteiger partial charge in [0.05, 0.1) is 0 Å². The van der Waals surface area contributed by atoms with Crippen LogP contribution in [0.25, 0.3) is 0 Å². The van der Waals surface area contributed by atoms with Crippen molar-refractivity contribution in [3.05, 3.63) is 65.7 Å². The number of piperazine rings is 2. The van der Waals surface area contributed by atoms with E-state index >= 15 is 0 Å². The summed E-state index contributed by atoms with van der Waals surface area (Å²) in [6.45, 7) is 2.77. The minimum absolute atomic E-state index is 0.0388. The Morgan fingerprint density at radius 1 is 1.04 bits per heavy atom. The smallest absolute Gasteiger partial charge is 0.246 e. The van der Waals surface area contributed by atoms with Crippen LogP contribution in [0.3, 0.4) is 0 Å². The Kier molecular flexibility index (Phi) is 5.69. The van der Waals surface area contributed by atoms with E-state index in [1.807, 2.05) is 30.3 Å². The second kappa shape index (κ2) is 8.37. The molecule has 1 N–H and O–H groups in total. The molecule has 2 aromatic rings. The molecule has 0 aromatic heterocycles. The highest BCUT2D eigenvalue weighted by molar-refractivity contribution is 7.98. The van der Waals surface area contributed by atoms with Crippen molar-refractivity contribution in [3.8, 4) is 0 Å². The average Bonchev–Trinajstić information content (AvgIpc) is 2.73. The lowest BCUT2D eigenvalue weighted by Crippen LogP contribution is -2.69. The van der Waals surface area contributed by atoms with Crippen LogP contribution in [-0.4, -0.2) is 59.6 Å². The Morgan fingerprint density at radius 2 is 1.82 bits per heavy atom. The second-order valence-electron chi connectivity index (χ2n) is 7.38. The summed E-state index contributed by atoms with van der Waals surface area (Å²) in [5.74, 6) is 0.000536. The Labute approximate surface area is 170 Å². The molecule has 0 saturated carbocycles. The molecule has 2 aliphatic heterocycles. The summed E-state index contributed by atoms with van der Waals surface area (Å²) in [7, 11) is 0. The van der Waals surface area contributed by atoms with Crippen LogP contribution in [0.5, 0.6) is 0 Å². The van der Waals surface area contributed by atoms with Crippen LogP contribution >= 0.6 is 11.8 Å². The topological polar surface area (TPSA) is 52.6 Å². The van der Waals surface area contributed by atoms with Gasteiger partial charge in [-0.25, -0.2) is 0 Å². The number of rotatable bonds is 5. The summed E-state index contributed by atoms with van der Waals surface area (Å²) in [6.07, 6.45) is 2.61. The van der Waals surface area contributed by atoms with Gasteiger partial charge in [-0.15, -0.1) is 11.8 Å². The zero-order valence-electron chi connectivity index (χ0n) is 16.0. The van der Waals surface area contributed by atoms with Crippen molar-refractivity contribution in [1.29, 1.82) is 0 Å². The highest BCUT2D eigenvalue weighted by atomic mass is 32.2. The highest BCUT2D eigenvalue weighted by Crippen LogP contribution is 2.21. The first-order chi connectivity index (χ1) is 13.6. The standard InChI is InChI=1S/C22H25N3O2S/c1-28-18-9-5-8-17(12-18)14-24-10-11-25-20(15-24)21(26)23-19(22(25)27)13-16-6-3-2-4-7-16/h2-9,12,19-20H,10-11,13-15H2,1H3,(H,23,26)/t19-,20+/m0/s1. The molecular formula is C22H25N3O2S. The molecular weight excluding hydrogens is 370 g/mol. The predicted molar refractivity (Wildman–Crippen MR) is 111 cm³/mol. The lowest BCUT2D eigenvalue weighted by atomic mass is 9.98. The van der Waals surface area contributed by atoms with E-state index in [0.717, 1.165) is 18.7 Å². The van der Waals surface area contributed by atoms with Crippen LogP contribution in [0.2, 0.25) is 0 Å². The molecule has 2 saturated heterocycles. The number of benzene rings is 2. The molecule has 28 heavy (non-hydrogen) atoms. The van der Waals surface area contributed by atoms with Gasteiger partial charge in [-0.2, -0.15) is 0 Å². The summed E-state index contributed by atoms with van der Waals surface area (Å²) >= 11 is 1.73.